The van der Waals surface area contributed by atoms with Crippen LogP contribution in [0.25, 0.3) is 0 Å². The van der Waals surface area contributed by atoms with Crippen molar-refractivity contribution in [1.29, 1.82) is 0 Å². The molecule has 0 aromatic heterocycles. The molecule has 0 unspecified atom stereocenters. The zero-order valence-corrected chi connectivity index (χ0v) is 23.3. The molecule has 37 heavy (non-hydrogen) atoms. The van der Waals surface area contributed by atoms with Crippen molar-refractivity contribution in [3.05, 3.63) is 70.8 Å². The van der Waals surface area contributed by atoms with Crippen LogP contribution in [0.1, 0.15) is 63.6 Å². The lowest BCUT2D eigenvalue weighted by molar-refractivity contribution is 0.0591. The summed E-state index contributed by atoms with van der Waals surface area (Å²) in [6, 6.07) is 12.3. The number of hydrogen-bond acceptors (Lipinski definition) is 8. The standard InChI is InChI=1S/C17H28O4Si.C11H14O4/c1-17(2,3)22(5,6)21-12-11-20-13-14-7-9-15(10-8-14)16(18)19-4;1-14-11(13)10-4-2-9(3-5-10)8-15-7-6-12/h7-10H,11-13H2,1-6H3;2-5,12H,6-8H2,1H3/i11D2,12D2;6D2,7D2. The third-order valence-corrected chi connectivity index (χ3v) is 9.80. The summed E-state index contributed by atoms with van der Waals surface area (Å²) in [7, 11) is 0.0221. The minimum Gasteiger partial charge on any atom is -0.465 e. The Kier molecular flexibility index (Phi) is 9.43. The van der Waals surface area contributed by atoms with Gasteiger partial charge in [-0.25, -0.2) is 9.59 Å². The van der Waals surface area contributed by atoms with Crippen molar-refractivity contribution in [2.24, 2.45) is 0 Å². The Bertz CT molecular complexity index is 1260. The molecule has 0 saturated carbocycles. The summed E-state index contributed by atoms with van der Waals surface area (Å²) in [6.45, 7) is -1.99. The van der Waals surface area contributed by atoms with E-state index in [-0.39, 0.29) is 18.3 Å². The Balaban J connectivity index is 0.000000472. The summed E-state index contributed by atoms with van der Waals surface area (Å²) >= 11 is 0. The summed E-state index contributed by atoms with van der Waals surface area (Å²) in [5.41, 5.74) is 1.84. The van der Waals surface area contributed by atoms with Gasteiger partial charge in [-0.05, 0) is 53.5 Å². The van der Waals surface area contributed by atoms with Crippen LogP contribution in [0, 0.1) is 0 Å². The van der Waals surface area contributed by atoms with E-state index >= 15 is 0 Å². The number of esters is 2. The highest BCUT2D eigenvalue weighted by atomic mass is 28.4. The Morgan fingerprint density at radius 2 is 1.19 bits per heavy atom. The molecule has 206 valence electrons. The molecular formula is C28H42O8Si. The van der Waals surface area contributed by atoms with Gasteiger partial charge in [-0.2, -0.15) is 0 Å². The van der Waals surface area contributed by atoms with E-state index < -0.39 is 46.5 Å². The third-order valence-electron chi connectivity index (χ3n) is 5.57. The maximum atomic E-state index is 11.4. The quantitative estimate of drug-likeness (QED) is 0.296. The van der Waals surface area contributed by atoms with Gasteiger partial charge in [-0.1, -0.05) is 45.0 Å². The highest BCUT2D eigenvalue weighted by molar-refractivity contribution is 6.74. The van der Waals surface area contributed by atoms with Crippen molar-refractivity contribution in [3.63, 3.8) is 0 Å². The van der Waals surface area contributed by atoms with Crippen LogP contribution in [0.2, 0.25) is 18.1 Å². The second kappa shape index (κ2) is 16.3. The molecule has 9 heteroatoms. The number of hydrogen-bond donors (Lipinski definition) is 1. The van der Waals surface area contributed by atoms with Crippen LogP contribution in [0.5, 0.6) is 0 Å². The molecule has 0 bridgehead atoms. The maximum Gasteiger partial charge on any atom is 0.337 e. The molecule has 0 fully saturated rings. The van der Waals surface area contributed by atoms with E-state index in [1.54, 1.807) is 24.3 Å². The largest absolute Gasteiger partial charge is 0.465 e. The number of carbonyl (C=O) groups is 2. The molecule has 0 aliphatic rings. The van der Waals surface area contributed by atoms with Crippen LogP contribution < -0.4 is 0 Å². The van der Waals surface area contributed by atoms with Gasteiger partial charge in [0, 0.05) is 0 Å². The van der Waals surface area contributed by atoms with Crippen LogP contribution in [-0.2, 0) is 36.6 Å². The molecule has 0 aliphatic carbocycles. The fraction of sp³-hybridized carbons (Fsp3) is 0.500. The van der Waals surface area contributed by atoms with Crippen molar-refractivity contribution in [2.45, 2.75) is 52.1 Å². The van der Waals surface area contributed by atoms with Crippen LogP contribution >= 0.6 is 0 Å². The van der Waals surface area contributed by atoms with Gasteiger partial charge in [0.1, 0.15) is 0 Å². The number of aliphatic hydroxyl groups is 1. The molecule has 2 aromatic rings. The van der Waals surface area contributed by atoms with Gasteiger partial charge in [0.25, 0.3) is 0 Å². The molecule has 0 saturated heterocycles. The van der Waals surface area contributed by atoms with Gasteiger partial charge in [0.05, 0.1) is 75.8 Å². The van der Waals surface area contributed by atoms with Crippen molar-refractivity contribution >= 4 is 20.3 Å². The van der Waals surface area contributed by atoms with Crippen molar-refractivity contribution in [2.75, 3.05) is 40.5 Å². The number of carbonyl (C=O) groups excluding carboxylic acids is 2. The van der Waals surface area contributed by atoms with Crippen molar-refractivity contribution < 1.29 is 49.0 Å². The number of benzene rings is 2. The SMILES string of the molecule is [2H]C([2H])(O)C([2H])([2H])OCc1ccc(C(=O)OC)cc1.[2H]C([2H])(OCc1ccc(C(=O)OC)cc1)C([2H])([2H])O[Si](C)(C)C(C)(C)C. The zero-order valence-electron chi connectivity index (χ0n) is 30.3. The summed E-state index contributed by atoms with van der Waals surface area (Å²) in [4.78, 5) is 22.6. The first-order valence-electron chi connectivity index (χ1n) is 15.4. The maximum absolute atomic E-state index is 11.4. The van der Waals surface area contributed by atoms with Gasteiger partial charge < -0.3 is 28.5 Å². The van der Waals surface area contributed by atoms with Gasteiger partial charge in [-0.3, -0.25) is 0 Å². The van der Waals surface area contributed by atoms with Crippen LogP contribution in [0.15, 0.2) is 48.5 Å². The number of ether oxygens (including phenoxy) is 4. The van der Waals surface area contributed by atoms with E-state index in [0.29, 0.717) is 22.3 Å². The molecule has 2 rings (SSSR count). The van der Waals surface area contributed by atoms with Crippen LogP contribution in [0.4, 0.5) is 0 Å². The van der Waals surface area contributed by atoms with Crippen LogP contribution in [-0.4, -0.2) is 65.8 Å². The summed E-state index contributed by atoms with van der Waals surface area (Å²) < 4.78 is 85.0. The van der Waals surface area contributed by atoms with Gasteiger partial charge >= 0.3 is 11.9 Å². The minimum atomic E-state index is -3.10. The average Bonchev–Trinajstić information content (AvgIpc) is 2.93. The van der Waals surface area contributed by atoms with E-state index in [1.165, 1.54) is 38.5 Å². The fourth-order valence-corrected chi connectivity index (χ4v) is 2.91. The molecule has 0 aliphatic heterocycles. The molecule has 8 nitrogen and oxygen atoms in total. The van der Waals surface area contributed by atoms with Gasteiger partial charge in [0.15, 0.2) is 8.32 Å². The highest BCUT2D eigenvalue weighted by Gasteiger charge is 2.36. The minimum absolute atomic E-state index is 0.158. The molecule has 0 spiro atoms. The second-order valence-electron chi connectivity index (χ2n) is 9.23. The van der Waals surface area contributed by atoms with Crippen molar-refractivity contribution in [3.8, 4) is 0 Å². The summed E-state index contributed by atoms with van der Waals surface area (Å²) in [6.07, 6.45) is 0. The van der Waals surface area contributed by atoms with Gasteiger partial charge in [-0.15, -0.1) is 0 Å². The van der Waals surface area contributed by atoms with E-state index in [4.69, 9.17) is 30.0 Å². The molecule has 0 radical (unpaired) electrons. The van der Waals surface area contributed by atoms with Crippen LogP contribution in [0.3, 0.4) is 0 Å². The first-order valence-corrected chi connectivity index (χ1v) is 14.3. The molecule has 0 atom stereocenters. The van der Waals surface area contributed by atoms with E-state index in [0.717, 1.165) is 0 Å². The predicted octanol–water partition coefficient (Wildman–Crippen LogP) is 4.99. The van der Waals surface area contributed by atoms with E-state index in [1.807, 2.05) is 33.9 Å². The lowest BCUT2D eigenvalue weighted by atomic mass is 10.1. The fourth-order valence-electron chi connectivity index (χ4n) is 2.31. The van der Waals surface area contributed by atoms with Gasteiger partial charge in [0.2, 0.25) is 0 Å². The molecule has 0 amide bonds. The normalized spacial score (nSPS) is 16.1. The first kappa shape index (κ1) is 21.4. The Hall–Kier alpha value is -2.56. The molecular weight excluding hydrogens is 492 g/mol. The smallest absolute Gasteiger partial charge is 0.337 e. The summed E-state index contributed by atoms with van der Waals surface area (Å²) in [5.74, 6) is -0.957. The monoisotopic (exact) mass is 542 g/mol. The topological polar surface area (TPSA) is 101 Å². The number of methoxy groups -OCH3 is 2. The third kappa shape index (κ3) is 12.0. The lowest BCUT2D eigenvalue weighted by Gasteiger charge is -2.36. The number of rotatable bonds is 12. The first-order chi connectivity index (χ1) is 20.3. The lowest BCUT2D eigenvalue weighted by Crippen LogP contribution is -2.41. The van der Waals surface area contributed by atoms with E-state index in [9.17, 15) is 9.59 Å². The highest BCUT2D eigenvalue weighted by Crippen LogP contribution is 2.36. The molecule has 1 N–H and O–H groups in total. The molecule has 0 heterocycles. The zero-order chi connectivity index (χ0) is 35.1. The Labute approximate surface area is 233 Å². The Morgan fingerprint density at radius 3 is 1.54 bits per heavy atom. The summed E-state index contributed by atoms with van der Waals surface area (Å²) in [5, 5.41) is 8.68. The average molecular weight is 543 g/mol. The predicted molar refractivity (Wildman–Crippen MR) is 145 cm³/mol. The second-order valence-corrected chi connectivity index (χ2v) is 14.0. The van der Waals surface area contributed by atoms with Crippen molar-refractivity contribution in [1.82, 2.24) is 0 Å². The Morgan fingerprint density at radius 1 is 0.784 bits per heavy atom. The van der Waals surface area contributed by atoms with E-state index in [2.05, 4.69) is 9.47 Å². The molecule has 2 aromatic carbocycles.